The second-order valence-electron chi connectivity index (χ2n) is 4.50. The Hall–Kier alpha value is -0.300. The highest BCUT2D eigenvalue weighted by atomic mass is 15.2. The van der Waals surface area contributed by atoms with Gasteiger partial charge in [0.15, 0.2) is 0 Å². The second-order valence-corrected chi connectivity index (χ2v) is 4.50. The zero-order valence-electron chi connectivity index (χ0n) is 9.29. The van der Waals surface area contributed by atoms with Crippen molar-refractivity contribution in [3.63, 3.8) is 0 Å². The fraction of sp³-hybridized carbons (Fsp3) is 0.833. The maximum absolute atomic E-state index is 3.90. The molecule has 0 bridgehead atoms. The highest BCUT2D eigenvalue weighted by Gasteiger charge is 2.27. The molecule has 1 aliphatic heterocycles. The van der Waals surface area contributed by atoms with Crippen molar-refractivity contribution >= 4 is 0 Å². The predicted molar refractivity (Wildman–Crippen MR) is 58.8 cm³/mol. The molecule has 1 rings (SSSR count). The van der Waals surface area contributed by atoms with Gasteiger partial charge < -0.3 is 0 Å². The molecule has 2 atom stereocenters. The van der Waals surface area contributed by atoms with Gasteiger partial charge in [-0.05, 0) is 31.2 Å². The summed E-state index contributed by atoms with van der Waals surface area (Å²) in [6, 6.07) is 0.615. The van der Waals surface area contributed by atoms with Gasteiger partial charge in [0.05, 0.1) is 0 Å². The molecular weight excluding hydrogens is 158 g/mol. The van der Waals surface area contributed by atoms with Crippen LogP contribution in [0.3, 0.4) is 0 Å². The molecule has 76 valence electrons. The SMILES string of the molecule is C=CC(CC)N1CCC(C(C)C)C1. The van der Waals surface area contributed by atoms with Crippen molar-refractivity contribution in [1.82, 2.24) is 4.90 Å². The lowest BCUT2D eigenvalue weighted by Gasteiger charge is -2.24. The van der Waals surface area contributed by atoms with E-state index in [1.165, 1.54) is 25.9 Å². The van der Waals surface area contributed by atoms with Crippen LogP contribution in [0.5, 0.6) is 0 Å². The van der Waals surface area contributed by atoms with E-state index in [0.717, 1.165) is 11.8 Å². The van der Waals surface area contributed by atoms with E-state index >= 15 is 0 Å². The minimum Gasteiger partial charge on any atom is -0.297 e. The van der Waals surface area contributed by atoms with Crippen molar-refractivity contribution in [3.8, 4) is 0 Å². The molecule has 2 unspecified atom stereocenters. The van der Waals surface area contributed by atoms with E-state index in [0.29, 0.717) is 6.04 Å². The maximum atomic E-state index is 3.90. The average molecular weight is 181 g/mol. The molecule has 1 heterocycles. The van der Waals surface area contributed by atoms with Crippen LogP contribution >= 0.6 is 0 Å². The number of hydrogen-bond acceptors (Lipinski definition) is 1. The lowest BCUT2D eigenvalue weighted by Crippen LogP contribution is -2.31. The zero-order chi connectivity index (χ0) is 9.84. The van der Waals surface area contributed by atoms with Crippen molar-refractivity contribution in [2.75, 3.05) is 13.1 Å². The van der Waals surface area contributed by atoms with E-state index in [4.69, 9.17) is 0 Å². The number of hydrogen-bond donors (Lipinski definition) is 0. The van der Waals surface area contributed by atoms with Crippen LogP contribution in [0.25, 0.3) is 0 Å². The van der Waals surface area contributed by atoms with Gasteiger partial charge in [-0.3, -0.25) is 4.90 Å². The molecule has 0 aliphatic carbocycles. The Morgan fingerprint density at radius 3 is 2.62 bits per heavy atom. The third kappa shape index (κ3) is 2.57. The summed E-state index contributed by atoms with van der Waals surface area (Å²) in [5, 5.41) is 0. The highest BCUT2D eigenvalue weighted by molar-refractivity contribution is 4.91. The van der Waals surface area contributed by atoms with E-state index in [1.54, 1.807) is 0 Å². The Morgan fingerprint density at radius 1 is 1.54 bits per heavy atom. The predicted octanol–water partition coefficient (Wildman–Crippen LogP) is 2.93. The molecule has 0 spiro atoms. The first-order chi connectivity index (χ1) is 6.19. The van der Waals surface area contributed by atoms with Crippen LogP contribution in [0.2, 0.25) is 0 Å². The van der Waals surface area contributed by atoms with Gasteiger partial charge in [-0.1, -0.05) is 26.8 Å². The van der Waals surface area contributed by atoms with Crippen LogP contribution in [0.4, 0.5) is 0 Å². The Kier molecular flexibility index (Phi) is 3.98. The minimum absolute atomic E-state index is 0.615. The summed E-state index contributed by atoms with van der Waals surface area (Å²) in [6.45, 7) is 13.4. The highest BCUT2D eigenvalue weighted by Crippen LogP contribution is 2.25. The van der Waals surface area contributed by atoms with Gasteiger partial charge in [0, 0.05) is 12.6 Å². The maximum Gasteiger partial charge on any atom is 0.0273 e. The van der Waals surface area contributed by atoms with Crippen LogP contribution in [-0.2, 0) is 0 Å². The first kappa shape index (κ1) is 10.8. The van der Waals surface area contributed by atoms with Crippen LogP contribution in [0.15, 0.2) is 12.7 Å². The molecule has 0 N–H and O–H groups in total. The monoisotopic (exact) mass is 181 g/mol. The van der Waals surface area contributed by atoms with Crippen LogP contribution in [0, 0.1) is 11.8 Å². The molecule has 1 nitrogen and oxygen atoms in total. The Labute approximate surface area is 82.8 Å². The van der Waals surface area contributed by atoms with Crippen molar-refractivity contribution in [2.24, 2.45) is 11.8 Å². The lowest BCUT2D eigenvalue weighted by atomic mass is 9.95. The first-order valence-corrected chi connectivity index (χ1v) is 5.55. The molecule has 0 radical (unpaired) electrons. The van der Waals surface area contributed by atoms with Crippen LogP contribution in [-0.4, -0.2) is 24.0 Å². The molecular formula is C12H23N. The fourth-order valence-electron chi connectivity index (χ4n) is 2.23. The van der Waals surface area contributed by atoms with E-state index in [2.05, 4.69) is 38.3 Å². The summed E-state index contributed by atoms with van der Waals surface area (Å²) in [5.74, 6) is 1.75. The van der Waals surface area contributed by atoms with Crippen molar-refractivity contribution < 1.29 is 0 Å². The number of rotatable bonds is 4. The van der Waals surface area contributed by atoms with Crippen molar-refractivity contribution in [3.05, 3.63) is 12.7 Å². The zero-order valence-corrected chi connectivity index (χ0v) is 9.29. The molecule has 0 aromatic carbocycles. The first-order valence-electron chi connectivity index (χ1n) is 5.55. The van der Waals surface area contributed by atoms with Gasteiger partial charge in [-0.15, -0.1) is 6.58 Å². The molecule has 13 heavy (non-hydrogen) atoms. The van der Waals surface area contributed by atoms with Gasteiger partial charge in [0.2, 0.25) is 0 Å². The van der Waals surface area contributed by atoms with Gasteiger partial charge in [-0.25, -0.2) is 0 Å². The van der Waals surface area contributed by atoms with Gasteiger partial charge >= 0.3 is 0 Å². The number of nitrogens with zero attached hydrogens (tertiary/aromatic N) is 1. The third-order valence-corrected chi connectivity index (χ3v) is 3.36. The number of likely N-dealkylation sites (tertiary alicyclic amines) is 1. The largest absolute Gasteiger partial charge is 0.297 e. The van der Waals surface area contributed by atoms with Gasteiger partial charge in [0.25, 0.3) is 0 Å². The van der Waals surface area contributed by atoms with Gasteiger partial charge in [-0.2, -0.15) is 0 Å². The molecule has 0 aromatic rings. The van der Waals surface area contributed by atoms with E-state index in [1.807, 2.05) is 0 Å². The van der Waals surface area contributed by atoms with Crippen molar-refractivity contribution in [2.45, 2.75) is 39.7 Å². The fourth-order valence-corrected chi connectivity index (χ4v) is 2.23. The van der Waals surface area contributed by atoms with E-state index in [9.17, 15) is 0 Å². The minimum atomic E-state index is 0.615. The molecule has 1 saturated heterocycles. The summed E-state index contributed by atoms with van der Waals surface area (Å²) in [5.41, 5.74) is 0. The Bertz CT molecular complexity index is 163. The second kappa shape index (κ2) is 4.80. The summed E-state index contributed by atoms with van der Waals surface area (Å²) in [7, 11) is 0. The lowest BCUT2D eigenvalue weighted by molar-refractivity contribution is 0.255. The summed E-state index contributed by atoms with van der Waals surface area (Å²) < 4.78 is 0. The average Bonchev–Trinajstić information content (AvgIpc) is 2.56. The van der Waals surface area contributed by atoms with Gasteiger partial charge in [0.1, 0.15) is 0 Å². The third-order valence-electron chi connectivity index (χ3n) is 3.36. The molecule has 1 heteroatoms. The summed E-state index contributed by atoms with van der Waals surface area (Å²) in [6.07, 6.45) is 4.68. The van der Waals surface area contributed by atoms with E-state index in [-0.39, 0.29) is 0 Å². The molecule has 1 aliphatic rings. The van der Waals surface area contributed by atoms with E-state index < -0.39 is 0 Å². The summed E-state index contributed by atoms with van der Waals surface area (Å²) in [4.78, 5) is 2.58. The molecule has 1 fully saturated rings. The quantitative estimate of drug-likeness (QED) is 0.603. The molecule has 0 aromatic heterocycles. The Balaban J connectivity index is 2.43. The standard InChI is InChI=1S/C12H23N/c1-5-12(6-2)13-8-7-11(9-13)10(3)4/h5,10-12H,1,6-9H2,2-4H3. The Morgan fingerprint density at radius 2 is 2.23 bits per heavy atom. The summed E-state index contributed by atoms with van der Waals surface area (Å²) >= 11 is 0. The smallest absolute Gasteiger partial charge is 0.0273 e. The van der Waals surface area contributed by atoms with Crippen molar-refractivity contribution in [1.29, 1.82) is 0 Å². The molecule has 0 saturated carbocycles. The van der Waals surface area contributed by atoms with Crippen LogP contribution < -0.4 is 0 Å². The molecule has 0 amide bonds. The topological polar surface area (TPSA) is 3.24 Å². The van der Waals surface area contributed by atoms with Crippen LogP contribution in [0.1, 0.15) is 33.6 Å². The normalized spacial score (nSPS) is 26.6.